The van der Waals surface area contributed by atoms with Crippen LogP contribution in [-0.2, 0) is 0 Å². The number of furan rings is 2. The molecule has 0 radical (unpaired) electrons. The number of nitrogens with zero attached hydrogens (tertiary/aromatic N) is 4. The zero-order chi connectivity index (χ0) is 63.6. The number of benzene rings is 8. The fraction of sp³-hybridized carbons (Fsp3) is 0. The van der Waals surface area contributed by atoms with Crippen LogP contribution in [0.1, 0.15) is 0 Å². The zero-order valence-electron chi connectivity index (χ0n) is 58.1. The minimum atomic E-state index is 0.666. The van der Waals surface area contributed by atoms with Gasteiger partial charge in [0.2, 0.25) is 0 Å². The molecule has 0 bridgehead atoms. The van der Waals surface area contributed by atoms with E-state index >= 15 is 0 Å². The number of hydrogen-bond acceptors (Lipinski definition) is 5. The molecular formula is C51H60B30N4O2. The molecule has 6 nitrogen and oxygen atoms in total. The Morgan fingerprint density at radius 1 is 0.184 bits per heavy atom. The van der Waals surface area contributed by atoms with E-state index in [9.17, 15) is 0 Å². The molecule has 0 spiro atoms. The third-order valence-electron chi connectivity index (χ3n) is 23.7. The number of fused-ring (bicyclic) bond motifs is 9. The quantitative estimate of drug-likeness (QED) is 0.161. The Hall–Kier alpha value is -5.88. The Kier molecular flexibility index (Phi) is 14.7. The summed E-state index contributed by atoms with van der Waals surface area (Å²) in [5.41, 5.74) is 50.9. The van der Waals surface area contributed by atoms with Gasteiger partial charge in [0.1, 0.15) is 258 Å². The van der Waals surface area contributed by atoms with Crippen molar-refractivity contribution in [1.29, 1.82) is 0 Å². The highest BCUT2D eigenvalue weighted by Gasteiger charge is 2.32. The molecule has 8 aromatic carbocycles. The van der Waals surface area contributed by atoms with Gasteiger partial charge in [-0.25, -0.2) is 15.0 Å². The Morgan fingerprint density at radius 2 is 0.391 bits per heavy atom. The lowest BCUT2D eigenvalue weighted by atomic mass is 9.60. The number of rotatable bonds is 5. The maximum absolute atomic E-state index is 7.53. The van der Waals surface area contributed by atoms with Gasteiger partial charge in [-0.15, -0.1) is 43.7 Å². The van der Waals surface area contributed by atoms with E-state index < -0.39 is 0 Å². The first-order valence-corrected chi connectivity index (χ1v) is 31.6. The summed E-state index contributed by atoms with van der Waals surface area (Å²) in [6, 6.07) is 0. The summed E-state index contributed by atoms with van der Waals surface area (Å²) in [4.78, 5) is 16.6. The predicted octanol–water partition coefficient (Wildman–Crippen LogP) is -38.8. The van der Waals surface area contributed by atoms with E-state index in [2.05, 4.69) is 240 Å². The summed E-state index contributed by atoms with van der Waals surface area (Å²) >= 11 is 0. The largest absolute Gasteiger partial charge is 0.457 e. The van der Waals surface area contributed by atoms with Crippen molar-refractivity contribution in [1.82, 2.24) is 19.5 Å². The maximum Gasteiger partial charge on any atom is 0.163 e. The molecule has 0 N–H and O–H groups in total. The van der Waals surface area contributed by atoms with Crippen LogP contribution in [0.2, 0.25) is 0 Å². The lowest BCUT2D eigenvalue weighted by Crippen LogP contribution is -2.55. The summed E-state index contributed by atoms with van der Waals surface area (Å²) < 4.78 is 17.6. The highest BCUT2D eigenvalue weighted by molar-refractivity contribution is 6.75. The van der Waals surface area contributed by atoms with Crippen LogP contribution in [-0.4, -0.2) is 255 Å². The Balaban J connectivity index is 1.11. The molecule has 386 valence electrons. The van der Waals surface area contributed by atoms with Crippen molar-refractivity contribution >= 4 is 465 Å². The summed E-state index contributed by atoms with van der Waals surface area (Å²) in [6.45, 7) is 0. The van der Waals surface area contributed by atoms with Gasteiger partial charge in [0.25, 0.3) is 0 Å². The van der Waals surface area contributed by atoms with Crippen LogP contribution in [0.4, 0.5) is 0 Å². The second-order valence-electron chi connectivity index (χ2n) is 27.1. The third-order valence-corrected chi connectivity index (χ3v) is 23.7. The van der Waals surface area contributed by atoms with Gasteiger partial charge in [0, 0.05) is 55.0 Å². The van der Waals surface area contributed by atoms with Gasteiger partial charge in [-0.2, -0.15) is 0 Å². The van der Waals surface area contributed by atoms with Crippen LogP contribution in [0.15, 0.2) is 8.83 Å². The molecule has 0 unspecified atom stereocenters. The van der Waals surface area contributed by atoms with Crippen LogP contribution >= 0.6 is 0 Å². The van der Waals surface area contributed by atoms with Gasteiger partial charge in [-0.05, 0) is 43.8 Å². The van der Waals surface area contributed by atoms with Crippen LogP contribution in [0, 0.1) is 0 Å². The van der Waals surface area contributed by atoms with E-state index in [1.807, 2.05) is 0 Å². The van der Waals surface area contributed by atoms with E-state index in [0.29, 0.717) is 17.5 Å². The van der Waals surface area contributed by atoms with Crippen molar-refractivity contribution < 1.29 is 8.83 Å². The monoisotopic (exact) mass is 1090 g/mol. The van der Waals surface area contributed by atoms with Gasteiger partial charge >= 0.3 is 0 Å². The van der Waals surface area contributed by atoms with Gasteiger partial charge in [-0.1, -0.05) is 98.3 Å². The predicted molar refractivity (Wildman–Crippen MR) is 476 cm³/mol. The molecule has 12 rings (SSSR count). The van der Waals surface area contributed by atoms with Crippen molar-refractivity contribution in [2.24, 2.45) is 0 Å². The first-order chi connectivity index (χ1) is 40.7. The smallest absolute Gasteiger partial charge is 0.163 e. The van der Waals surface area contributed by atoms with E-state index in [0.717, 1.165) is 66.3 Å². The molecule has 0 atom stereocenters. The van der Waals surface area contributed by atoms with Crippen LogP contribution in [0.3, 0.4) is 0 Å². The molecule has 4 heterocycles. The second-order valence-corrected chi connectivity index (χ2v) is 27.1. The normalized spacial score (nSPS) is 11.9. The third kappa shape index (κ3) is 8.07. The molecule has 12 aromatic rings. The van der Waals surface area contributed by atoms with Crippen molar-refractivity contribution in [3.8, 4) is 51.0 Å². The molecule has 0 aliphatic carbocycles. The van der Waals surface area contributed by atoms with E-state index in [-0.39, 0.29) is 0 Å². The Labute approximate surface area is 540 Å². The molecule has 0 saturated carbocycles. The molecule has 87 heavy (non-hydrogen) atoms. The lowest BCUT2D eigenvalue weighted by molar-refractivity contribution is 0.674. The zero-order valence-corrected chi connectivity index (χ0v) is 58.1. The molecule has 0 amide bonds. The summed E-state index contributed by atoms with van der Waals surface area (Å²) in [7, 11) is 68.3. The SMILES string of the molecule is Bc1c(B)c(B)c(-c2nc(-c3c(B)c(B)c(B)c(B)c3B)nc(-c3c(B)c(B)c4c(oc5c(B)c(-c6c(B)c(B)c7c(oc8c(B)c(-n9c%10c(B)c(B)c(B)c(B)c%10c%10c(B)c(B)c(B)c(B)c%109)c(B)c(B)c87)c6B)c(B)c(B)c54)c3B)n2)c(B)c1B. The Bertz CT molecular complexity index is 5080. The average molecular weight is 1090 g/mol. The minimum absolute atomic E-state index is 0.666. The first-order valence-electron chi connectivity index (χ1n) is 31.6. The summed E-state index contributed by atoms with van der Waals surface area (Å²) in [5, 5.41) is 7.51. The van der Waals surface area contributed by atoms with Gasteiger partial charge < -0.3 is 13.4 Å². The molecule has 0 aliphatic heterocycles. The topological polar surface area (TPSA) is 69.9 Å². The fourth-order valence-corrected chi connectivity index (χ4v) is 16.3. The molecule has 36 heteroatoms. The van der Waals surface area contributed by atoms with Crippen LogP contribution < -0.4 is 164 Å². The van der Waals surface area contributed by atoms with Gasteiger partial charge in [0.15, 0.2) is 17.5 Å². The van der Waals surface area contributed by atoms with Crippen molar-refractivity contribution in [3.05, 3.63) is 0 Å². The lowest BCUT2D eigenvalue weighted by Gasteiger charge is -2.23. The summed E-state index contributed by atoms with van der Waals surface area (Å²) in [5.74, 6) is 2.08. The number of hydrogen-bond donors (Lipinski definition) is 0. The molecule has 0 fully saturated rings. The Morgan fingerprint density at radius 3 is 0.713 bits per heavy atom. The minimum Gasteiger partial charge on any atom is -0.457 e. The maximum atomic E-state index is 7.53. The van der Waals surface area contributed by atoms with E-state index in [1.165, 1.54) is 197 Å². The molecular weight excluding hydrogens is 1020 g/mol. The molecule has 4 aromatic heterocycles. The average Bonchev–Trinajstić information content (AvgIpc) is 1.60. The molecule has 0 saturated heterocycles. The van der Waals surface area contributed by atoms with Crippen LogP contribution in [0.25, 0.3) is 117 Å². The van der Waals surface area contributed by atoms with Crippen molar-refractivity contribution in [2.45, 2.75) is 0 Å². The van der Waals surface area contributed by atoms with E-state index in [1.54, 1.807) is 0 Å². The first kappa shape index (κ1) is 61.4. The molecule has 0 aliphatic rings. The van der Waals surface area contributed by atoms with Gasteiger partial charge in [-0.3, -0.25) is 0 Å². The fourth-order valence-electron chi connectivity index (χ4n) is 16.3. The van der Waals surface area contributed by atoms with Crippen LogP contribution in [0.5, 0.6) is 0 Å². The van der Waals surface area contributed by atoms with Crippen molar-refractivity contribution in [2.75, 3.05) is 0 Å². The van der Waals surface area contributed by atoms with E-state index in [4.69, 9.17) is 23.8 Å². The number of aromatic nitrogens is 4. The second kappa shape index (κ2) is 20.8. The summed E-state index contributed by atoms with van der Waals surface area (Å²) in [6.07, 6.45) is 0. The standard InChI is InChI=1S/C51H60B30N4O2/c52-12-1(2-13(53)17(57)7-8-19(59)38(78)44(41(81)48(8)87-46(7)26(2)66)85-42-3(14(54)28(68)36(76)39(42)79)4-15(55)29(69)37(77)40(80)43(4)85)25(65)45-5(16(12)56)6-18(58)20(60)11(27(67)47(6)86-45)51-83-49(9-21(61)30(70)34(74)31(71)22(9)62)82-50(84-51)10-23(63)32(72)35(75)33(73)24(10)64/h52-81H2. The van der Waals surface area contributed by atoms with Gasteiger partial charge in [0.05, 0.1) is 0 Å². The highest BCUT2D eigenvalue weighted by atomic mass is 16.3. The highest BCUT2D eigenvalue weighted by Crippen LogP contribution is 2.32. The van der Waals surface area contributed by atoms with Crippen molar-refractivity contribution in [3.63, 3.8) is 0 Å².